The van der Waals surface area contributed by atoms with E-state index in [1.165, 1.54) is 11.3 Å². The first-order valence-electron chi connectivity index (χ1n) is 5.11. The van der Waals surface area contributed by atoms with Gasteiger partial charge < -0.3 is 5.11 Å². The normalized spacial score (nSPS) is 10.6. The molecule has 0 fully saturated rings. The smallest absolute Gasteiger partial charge is 0.308 e. The van der Waals surface area contributed by atoms with Gasteiger partial charge in [0.1, 0.15) is 0 Å². The highest BCUT2D eigenvalue weighted by molar-refractivity contribution is 7.12. The van der Waals surface area contributed by atoms with Gasteiger partial charge in [0.15, 0.2) is 0 Å². The van der Waals surface area contributed by atoms with E-state index in [4.69, 9.17) is 28.3 Å². The molecule has 0 aliphatic carbocycles. The first kappa shape index (κ1) is 13.3. The van der Waals surface area contributed by atoms with Crippen LogP contribution < -0.4 is 0 Å². The molecule has 18 heavy (non-hydrogen) atoms. The van der Waals surface area contributed by atoms with E-state index in [1.807, 2.05) is 6.92 Å². The van der Waals surface area contributed by atoms with Crippen LogP contribution in [0.4, 0.5) is 0 Å². The Bertz CT molecular complexity index is 610. The summed E-state index contributed by atoms with van der Waals surface area (Å²) in [5.41, 5.74) is 1.45. The number of aromatic nitrogens is 1. The Morgan fingerprint density at radius 3 is 2.72 bits per heavy atom. The number of carboxylic acids is 1. The SMILES string of the molecule is Cc1nc(-c2ccc(Cl)c(Cl)c2)c(CC(=O)O)s1. The Hall–Kier alpha value is -1.10. The number of halogens is 2. The van der Waals surface area contributed by atoms with Gasteiger partial charge in [0.05, 0.1) is 27.2 Å². The maximum absolute atomic E-state index is 10.8. The largest absolute Gasteiger partial charge is 0.481 e. The number of thiazole rings is 1. The molecule has 94 valence electrons. The lowest BCUT2D eigenvalue weighted by Crippen LogP contribution is -1.99. The molecule has 6 heteroatoms. The molecule has 1 aromatic heterocycles. The van der Waals surface area contributed by atoms with Gasteiger partial charge in [0, 0.05) is 10.4 Å². The van der Waals surface area contributed by atoms with Gasteiger partial charge in [-0.1, -0.05) is 29.3 Å². The van der Waals surface area contributed by atoms with Crippen LogP contribution in [0.15, 0.2) is 18.2 Å². The summed E-state index contributed by atoms with van der Waals surface area (Å²) in [6, 6.07) is 5.16. The summed E-state index contributed by atoms with van der Waals surface area (Å²) in [5.74, 6) is -0.875. The van der Waals surface area contributed by atoms with Gasteiger partial charge in [-0.3, -0.25) is 4.79 Å². The summed E-state index contributed by atoms with van der Waals surface area (Å²) in [6.07, 6.45) is -0.0406. The summed E-state index contributed by atoms with van der Waals surface area (Å²) in [5, 5.41) is 10.6. The maximum atomic E-state index is 10.8. The van der Waals surface area contributed by atoms with Crippen molar-refractivity contribution in [1.82, 2.24) is 4.98 Å². The molecule has 0 aliphatic rings. The van der Waals surface area contributed by atoms with Crippen LogP contribution in [0.3, 0.4) is 0 Å². The van der Waals surface area contributed by atoms with Gasteiger partial charge in [-0.05, 0) is 19.1 Å². The fraction of sp³-hybridized carbons (Fsp3) is 0.167. The zero-order chi connectivity index (χ0) is 13.3. The molecule has 1 heterocycles. The molecule has 1 aromatic carbocycles. The first-order valence-corrected chi connectivity index (χ1v) is 6.68. The van der Waals surface area contributed by atoms with E-state index in [9.17, 15) is 4.79 Å². The van der Waals surface area contributed by atoms with Crippen molar-refractivity contribution in [2.75, 3.05) is 0 Å². The van der Waals surface area contributed by atoms with E-state index >= 15 is 0 Å². The molecule has 1 N–H and O–H groups in total. The molecule has 0 atom stereocenters. The molecule has 0 amide bonds. The van der Waals surface area contributed by atoms with Crippen LogP contribution >= 0.6 is 34.5 Å². The Morgan fingerprint density at radius 2 is 2.11 bits per heavy atom. The second-order valence-corrected chi connectivity index (χ2v) is 5.81. The predicted molar refractivity (Wildman–Crippen MR) is 73.6 cm³/mol. The molecule has 0 spiro atoms. The van der Waals surface area contributed by atoms with Crippen LogP contribution in [-0.2, 0) is 11.2 Å². The van der Waals surface area contributed by atoms with Gasteiger partial charge in [-0.15, -0.1) is 11.3 Å². The van der Waals surface area contributed by atoms with E-state index in [-0.39, 0.29) is 6.42 Å². The Morgan fingerprint density at radius 1 is 1.39 bits per heavy atom. The maximum Gasteiger partial charge on any atom is 0.308 e. The Balaban J connectivity index is 2.49. The first-order chi connectivity index (χ1) is 8.47. The Labute approximate surface area is 118 Å². The van der Waals surface area contributed by atoms with Gasteiger partial charge in [0.2, 0.25) is 0 Å². The van der Waals surface area contributed by atoms with Crippen molar-refractivity contribution in [3.8, 4) is 11.3 Å². The van der Waals surface area contributed by atoms with Crippen molar-refractivity contribution in [3.05, 3.63) is 38.1 Å². The third-order valence-electron chi connectivity index (χ3n) is 2.31. The summed E-state index contributed by atoms with van der Waals surface area (Å²) < 4.78 is 0. The predicted octanol–water partition coefficient (Wildman–Crippen LogP) is 4.05. The minimum absolute atomic E-state index is 0.0406. The van der Waals surface area contributed by atoms with E-state index < -0.39 is 5.97 Å². The summed E-state index contributed by atoms with van der Waals surface area (Å²) in [4.78, 5) is 15.9. The van der Waals surface area contributed by atoms with Gasteiger partial charge in [-0.25, -0.2) is 4.98 Å². The van der Waals surface area contributed by atoms with Crippen molar-refractivity contribution in [2.24, 2.45) is 0 Å². The number of nitrogens with zero attached hydrogens (tertiary/aromatic N) is 1. The zero-order valence-electron chi connectivity index (χ0n) is 9.41. The van der Waals surface area contributed by atoms with Gasteiger partial charge in [0.25, 0.3) is 0 Å². The van der Waals surface area contributed by atoms with Crippen LogP contribution in [0, 0.1) is 6.92 Å². The number of aliphatic carboxylic acids is 1. The highest BCUT2D eigenvalue weighted by Gasteiger charge is 2.15. The van der Waals surface area contributed by atoms with Crippen LogP contribution in [-0.4, -0.2) is 16.1 Å². The fourth-order valence-electron chi connectivity index (χ4n) is 1.60. The number of hydrogen-bond donors (Lipinski definition) is 1. The molecular weight excluding hydrogens is 293 g/mol. The summed E-state index contributed by atoms with van der Waals surface area (Å²) in [6.45, 7) is 1.84. The molecule has 0 aliphatic heterocycles. The van der Waals surface area contributed by atoms with Crippen LogP contribution in [0.25, 0.3) is 11.3 Å². The molecule has 2 rings (SSSR count). The third kappa shape index (κ3) is 2.83. The van der Waals surface area contributed by atoms with E-state index in [0.29, 0.717) is 15.7 Å². The Kier molecular flexibility index (Phi) is 3.90. The molecule has 0 bridgehead atoms. The van der Waals surface area contributed by atoms with E-state index in [1.54, 1.807) is 18.2 Å². The number of carbonyl (C=O) groups is 1. The number of hydrogen-bond acceptors (Lipinski definition) is 3. The lowest BCUT2D eigenvalue weighted by Gasteiger charge is -2.02. The van der Waals surface area contributed by atoms with E-state index in [0.717, 1.165) is 15.4 Å². The minimum Gasteiger partial charge on any atom is -0.481 e. The quantitative estimate of drug-likeness (QED) is 0.930. The highest BCUT2D eigenvalue weighted by atomic mass is 35.5. The molecular formula is C12H9Cl2NO2S. The van der Waals surface area contributed by atoms with Crippen LogP contribution in [0.5, 0.6) is 0 Å². The minimum atomic E-state index is -0.875. The molecule has 0 unspecified atom stereocenters. The number of carboxylic acid groups (broad SMARTS) is 1. The summed E-state index contributed by atoms with van der Waals surface area (Å²) >= 11 is 13.2. The van der Waals surface area contributed by atoms with Crippen molar-refractivity contribution in [2.45, 2.75) is 13.3 Å². The number of rotatable bonds is 3. The molecule has 2 aromatic rings. The summed E-state index contributed by atoms with van der Waals surface area (Å²) in [7, 11) is 0. The average molecular weight is 302 g/mol. The highest BCUT2D eigenvalue weighted by Crippen LogP contribution is 2.32. The number of aryl methyl sites for hydroxylation is 1. The molecule has 0 saturated carbocycles. The fourth-order valence-corrected chi connectivity index (χ4v) is 2.84. The lowest BCUT2D eigenvalue weighted by molar-refractivity contribution is -0.136. The van der Waals surface area contributed by atoms with Gasteiger partial charge >= 0.3 is 5.97 Å². The lowest BCUT2D eigenvalue weighted by atomic mass is 10.1. The average Bonchev–Trinajstić information content (AvgIpc) is 2.62. The van der Waals surface area contributed by atoms with Crippen LogP contribution in [0.1, 0.15) is 9.88 Å². The topological polar surface area (TPSA) is 50.2 Å². The monoisotopic (exact) mass is 301 g/mol. The van der Waals surface area contributed by atoms with E-state index in [2.05, 4.69) is 4.98 Å². The molecule has 0 saturated heterocycles. The molecule has 3 nitrogen and oxygen atoms in total. The van der Waals surface area contributed by atoms with Crippen molar-refractivity contribution >= 4 is 40.5 Å². The van der Waals surface area contributed by atoms with Crippen LogP contribution in [0.2, 0.25) is 10.0 Å². The second-order valence-electron chi connectivity index (χ2n) is 3.70. The van der Waals surface area contributed by atoms with Gasteiger partial charge in [-0.2, -0.15) is 0 Å². The zero-order valence-corrected chi connectivity index (χ0v) is 11.7. The third-order valence-corrected chi connectivity index (χ3v) is 4.02. The second kappa shape index (κ2) is 5.26. The van der Waals surface area contributed by atoms with Crippen molar-refractivity contribution < 1.29 is 9.90 Å². The number of benzene rings is 1. The van der Waals surface area contributed by atoms with Crippen molar-refractivity contribution in [1.29, 1.82) is 0 Å². The van der Waals surface area contributed by atoms with Crippen molar-refractivity contribution in [3.63, 3.8) is 0 Å². The molecule has 0 radical (unpaired) electrons. The standard InChI is InChI=1S/C12H9Cl2NO2S/c1-6-15-12(10(18-6)5-11(16)17)7-2-3-8(13)9(14)4-7/h2-4H,5H2,1H3,(H,16,17).